The first kappa shape index (κ1) is 12.9. The Morgan fingerprint density at radius 1 is 1.44 bits per heavy atom. The Hall–Kier alpha value is -1.55. The lowest BCUT2D eigenvalue weighted by Gasteiger charge is -2.41. The van der Waals surface area contributed by atoms with Gasteiger partial charge in [0.2, 0.25) is 0 Å². The van der Waals surface area contributed by atoms with Gasteiger partial charge in [-0.3, -0.25) is 4.79 Å². The standard InChI is InChI=1S/C14H20N2O2/c1-15-14(7-4-8-14)10-16-13(17)11-5-3-6-12(9-11)18-2/h3,5-6,9,15H,4,7-8,10H2,1-2H3,(H,16,17). The minimum absolute atomic E-state index is 0.0459. The van der Waals surface area contributed by atoms with Gasteiger partial charge in [-0.2, -0.15) is 0 Å². The number of nitrogens with one attached hydrogen (secondary N) is 2. The minimum atomic E-state index is -0.0459. The van der Waals surface area contributed by atoms with E-state index in [0.29, 0.717) is 17.9 Å². The topological polar surface area (TPSA) is 50.4 Å². The molecule has 0 radical (unpaired) electrons. The van der Waals surface area contributed by atoms with E-state index in [9.17, 15) is 4.79 Å². The third kappa shape index (κ3) is 2.64. The summed E-state index contributed by atoms with van der Waals surface area (Å²) in [5.41, 5.74) is 0.745. The van der Waals surface area contributed by atoms with Crippen molar-refractivity contribution in [2.75, 3.05) is 20.7 Å². The quantitative estimate of drug-likeness (QED) is 0.831. The molecule has 2 rings (SSSR count). The van der Waals surface area contributed by atoms with Gasteiger partial charge in [-0.05, 0) is 44.5 Å². The number of methoxy groups -OCH3 is 1. The molecular weight excluding hydrogens is 228 g/mol. The summed E-state index contributed by atoms with van der Waals surface area (Å²) in [6, 6.07) is 7.20. The van der Waals surface area contributed by atoms with Crippen molar-refractivity contribution in [2.24, 2.45) is 0 Å². The van der Waals surface area contributed by atoms with Crippen molar-refractivity contribution in [3.8, 4) is 5.75 Å². The maximum atomic E-state index is 12.0. The Bertz CT molecular complexity index is 422. The Kier molecular flexibility index (Phi) is 3.87. The highest BCUT2D eigenvalue weighted by Gasteiger charge is 2.35. The summed E-state index contributed by atoms with van der Waals surface area (Å²) in [6.07, 6.45) is 3.49. The van der Waals surface area contributed by atoms with Gasteiger partial charge in [0.25, 0.3) is 5.91 Å². The van der Waals surface area contributed by atoms with E-state index in [-0.39, 0.29) is 11.4 Å². The molecule has 0 spiro atoms. The van der Waals surface area contributed by atoms with Gasteiger partial charge in [0.15, 0.2) is 0 Å². The third-order valence-electron chi connectivity index (χ3n) is 3.76. The Labute approximate surface area is 108 Å². The molecule has 0 atom stereocenters. The SMILES string of the molecule is CNC1(CNC(=O)c2cccc(OC)c2)CCC1. The number of likely N-dealkylation sites (N-methyl/N-ethyl adjacent to an activating group) is 1. The molecule has 0 bridgehead atoms. The van der Waals surface area contributed by atoms with E-state index in [1.807, 2.05) is 19.2 Å². The van der Waals surface area contributed by atoms with Gasteiger partial charge in [0.1, 0.15) is 5.75 Å². The lowest BCUT2D eigenvalue weighted by molar-refractivity contribution is 0.0917. The lowest BCUT2D eigenvalue weighted by Crippen LogP contribution is -2.56. The highest BCUT2D eigenvalue weighted by atomic mass is 16.5. The first-order valence-electron chi connectivity index (χ1n) is 6.30. The summed E-state index contributed by atoms with van der Waals surface area (Å²) in [5.74, 6) is 0.657. The van der Waals surface area contributed by atoms with E-state index in [1.54, 1.807) is 19.2 Å². The van der Waals surface area contributed by atoms with E-state index >= 15 is 0 Å². The lowest BCUT2D eigenvalue weighted by atomic mass is 9.77. The van der Waals surface area contributed by atoms with Crippen LogP contribution in [0.4, 0.5) is 0 Å². The van der Waals surface area contributed by atoms with Crippen molar-refractivity contribution in [3.05, 3.63) is 29.8 Å². The Morgan fingerprint density at radius 3 is 2.78 bits per heavy atom. The van der Waals surface area contributed by atoms with Crippen LogP contribution in [0.15, 0.2) is 24.3 Å². The zero-order valence-corrected chi connectivity index (χ0v) is 11.0. The molecule has 98 valence electrons. The van der Waals surface area contributed by atoms with E-state index in [2.05, 4.69) is 10.6 Å². The monoisotopic (exact) mass is 248 g/mol. The summed E-state index contributed by atoms with van der Waals surface area (Å²) in [4.78, 5) is 12.0. The number of ether oxygens (including phenoxy) is 1. The molecule has 18 heavy (non-hydrogen) atoms. The second-order valence-corrected chi connectivity index (χ2v) is 4.80. The average Bonchev–Trinajstić information content (AvgIpc) is 2.38. The average molecular weight is 248 g/mol. The van der Waals surface area contributed by atoms with Crippen molar-refractivity contribution < 1.29 is 9.53 Å². The van der Waals surface area contributed by atoms with Crippen LogP contribution in [-0.4, -0.2) is 32.1 Å². The van der Waals surface area contributed by atoms with E-state index < -0.39 is 0 Å². The van der Waals surface area contributed by atoms with Crippen LogP contribution in [0, 0.1) is 0 Å². The first-order valence-corrected chi connectivity index (χ1v) is 6.30. The predicted octanol–water partition coefficient (Wildman–Crippen LogP) is 1.57. The second kappa shape index (κ2) is 5.40. The highest BCUT2D eigenvalue weighted by Crippen LogP contribution is 2.30. The van der Waals surface area contributed by atoms with Crippen LogP contribution in [-0.2, 0) is 0 Å². The van der Waals surface area contributed by atoms with Gasteiger partial charge in [-0.25, -0.2) is 0 Å². The zero-order valence-electron chi connectivity index (χ0n) is 11.0. The van der Waals surface area contributed by atoms with Crippen LogP contribution in [0.1, 0.15) is 29.6 Å². The van der Waals surface area contributed by atoms with Gasteiger partial charge in [-0.15, -0.1) is 0 Å². The van der Waals surface area contributed by atoms with Gasteiger partial charge >= 0.3 is 0 Å². The maximum Gasteiger partial charge on any atom is 0.251 e. The fourth-order valence-electron chi connectivity index (χ4n) is 2.23. The van der Waals surface area contributed by atoms with Crippen molar-refractivity contribution in [2.45, 2.75) is 24.8 Å². The summed E-state index contributed by atoms with van der Waals surface area (Å²) in [7, 11) is 3.55. The molecule has 1 fully saturated rings. The molecule has 2 N–H and O–H groups in total. The maximum absolute atomic E-state index is 12.0. The van der Waals surface area contributed by atoms with Gasteiger partial charge in [0, 0.05) is 17.6 Å². The summed E-state index contributed by atoms with van der Waals surface area (Å²) in [6.45, 7) is 0.680. The number of amides is 1. The molecule has 0 aliphatic heterocycles. The van der Waals surface area contributed by atoms with Crippen LogP contribution in [0.2, 0.25) is 0 Å². The molecule has 1 aromatic rings. The molecule has 1 aliphatic rings. The molecule has 1 amide bonds. The Morgan fingerprint density at radius 2 is 2.22 bits per heavy atom. The summed E-state index contributed by atoms with van der Waals surface area (Å²) in [5, 5.41) is 6.29. The van der Waals surface area contributed by atoms with E-state index in [0.717, 1.165) is 12.8 Å². The number of hydrogen-bond donors (Lipinski definition) is 2. The minimum Gasteiger partial charge on any atom is -0.497 e. The van der Waals surface area contributed by atoms with Gasteiger partial charge in [-0.1, -0.05) is 6.07 Å². The molecule has 1 aliphatic carbocycles. The van der Waals surface area contributed by atoms with Gasteiger partial charge < -0.3 is 15.4 Å². The van der Waals surface area contributed by atoms with Crippen LogP contribution >= 0.6 is 0 Å². The molecule has 0 heterocycles. The molecule has 1 aromatic carbocycles. The van der Waals surface area contributed by atoms with Crippen LogP contribution in [0.25, 0.3) is 0 Å². The Balaban J connectivity index is 1.95. The van der Waals surface area contributed by atoms with Crippen molar-refractivity contribution >= 4 is 5.91 Å². The molecular formula is C14H20N2O2. The van der Waals surface area contributed by atoms with E-state index in [1.165, 1.54) is 6.42 Å². The fourth-order valence-corrected chi connectivity index (χ4v) is 2.23. The predicted molar refractivity (Wildman–Crippen MR) is 71.0 cm³/mol. The van der Waals surface area contributed by atoms with Crippen molar-refractivity contribution in [1.29, 1.82) is 0 Å². The van der Waals surface area contributed by atoms with Crippen molar-refractivity contribution in [3.63, 3.8) is 0 Å². The smallest absolute Gasteiger partial charge is 0.251 e. The molecule has 4 nitrogen and oxygen atoms in total. The molecule has 0 aromatic heterocycles. The summed E-state index contributed by atoms with van der Waals surface area (Å²) < 4.78 is 5.11. The number of carbonyl (C=O) groups is 1. The normalized spacial score (nSPS) is 16.8. The van der Waals surface area contributed by atoms with Crippen LogP contribution in [0.5, 0.6) is 5.75 Å². The number of hydrogen-bond acceptors (Lipinski definition) is 3. The molecule has 0 saturated heterocycles. The number of benzene rings is 1. The second-order valence-electron chi connectivity index (χ2n) is 4.80. The first-order chi connectivity index (χ1) is 8.69. The van der Waals surface area contributed by atoms with Gasteiger partial charge in [0.05, 0.1) is 7.11 Å². The largest absolute Gasteiger partial charge is 0.497 e. The van der Waals surface area contributed by atoms with Crippen LogP contribution in [0.3, 0.4) is 0 Å². The number of carbonyl (C=O) groups excluding carboxylic acids is 1. The van der Waals surface area contributed by atoms with E-state index in [4.69, 9.17) is 4.74 Å². The molecule has 1 saturated carbocycles. The zero-order chi connectivity index (χ0) is 13.0. The van der Waals surface area contributed by atoms with Crippen molar-refractivity contribution in [1.82, 2.24) is 10.6 Å². The highest BCUT2D eigenvalue weighted by molar-refractivity contribution is 5.94. The van der Waals surface area contributed by atoms with Crippen LogP contribution < -0.4 is 15.4 Å². The molecule has 4 heteroatoms. The number of rotatable bonds is 5. The molecule has 0 unspecified atom stereocenters. The fraction of sp³-hybridized carbons (Fsp3) is 0.500. The third-order valence-corrected chi connectivity index (χ3v) is 3.76. The summed E-state index contributed by atoms with van der Waals surface area (Å²) >= 11 is 0.